The molecule has 3 heteroatoms. The Labute approximate surface area is 705 Å². The van der Waals surface area contributed by atoms with Crippen LogP contribution in [0.4, 0.5) is 17.1 Å². The molecule has 0 amide bonds. The summed E-state index contributed by atoms with van der Waals surface area (Å²) in [6, 6.07) is 89.4. The summed E-state index contributed by atoms with van der Waals surface area (Å²) >= 11 is 0. The quantitative estimate of drug-likeness (QED) is 0.0347. The highest BCUT2D eigenvalue weighted by Crippen LogP contribution is 2.59. The molecule has 0 radical (unpaired) electrons. The van der Waals surface area contributed by atoms with E-state index in [9.17, 15) is 0 Å². The molecule has 11 aromatic carbocycles. The number of aromatic nitrogens is 2. The first kappa shape index (κ1) is 82.9. The third kappa shape index (κ3) is 17.8. The monoisotopic (exact) mass is 1550 g/mol. The summed E-state index contributed by atoms with van der Waals surface area (Å²) in [5.41, 5.74) is 34.4. The zero-order valence-corrected chi connectivity index (χ0v) is 73.1. The van der Waals surface area contributed by atoms with Crippen molar-refractivity contribution in [2.45, 2.75) is 310 Å². The summed E-state index contributed by atoms with van der Waals surface area (Å²) in [4.78, 5) is 2.42. The molecule has 0 spiro atoms. The zero-order chi connectivity index (χ0) is 80.5. The molecule has 13 aromatic rings. The molecule has 0 saturated heterocycles. The van der Waals surface area contributed by atoms with E-state index in [1.807, 2.05) is 0 Å². The van der Waals surface area contributed by atoms with Gasteiger partial charge in [-0.05, 0) is 246 Å². The third-order valence-corrected chi connectivity index (χ3v) is 27.6. The van der Waals surface area contributed by atoms with Crippen LogP contribution >= 0.6 is 0 Å². The lowest BCUT2D eigenvalue weighted by Gasteiger charge is -2.33. The van der Waals surface area contributed by atoms with Gasteiger partial charge in [0.15, 0.2) is 0 Å². The van der Waals surface area contributed by atoms with Crippen molar-refractivity contribution in [2.75, 3.05) is 4.90 Å². The number of nitrogens with zero attached hydrogens (tertiary/aromatic N) is 3. The maximum absolute atomic E-state index is 2.82. The molecule has 0 aliphatic heterocycles. The van der Waals surface area contributed by atoms with Crippen molar-refractivity contribution in [3.8, 4) is 55.9 Å². The minimum atomic E-state index is -0.161. The highest BCUT2D eigenvalue weighted by Gasteiger charge is 2.45. The van der Waals surface area contributed by atoms with E-state index in [-0.39, 0.29) is 10.8 Å². The Morgan fingerprint density at radius 1 is 0.248 bits per heavy atom. The number of fused-ring (bicyclic) bond motifs is 12. The van der Waals surface area contributed by atoms with Gasteiger partial charge in [0.1, 0.15) is 0 Å². The molecule has 2 heterocycles. The van der Waals surface area contributed by atoms with E-state index in [4.69, 9.17) is 0 Å². The smallest absolute Gasteiger partial charge is 0.0544 e. The SMILES string of the molecule is CCCCCCCCC1(CCCCCCCC)c2cc(-c3cc(CCCCCC)c(-n4c5ccccc5c5cc6c(cc54)C(CCCCCCCC)(CCCCCCCC)c4cc(C)ccc4-6)cc3CCCCCC)ccc2-c2cc3c4ccccc4n(-c4ccc(N(c5ccc(C)cc5)c5ccc(-c6ccccc6)cc5)cc4)c3cc21. The van der Waals surface area contributed by atoms with Gasteiger partial charge in [-0.25, -0.2) is 0 Å². The van der Waals surface area contributed by atoms with Crippen LogP contribution < -0.4 is 4.90 Å². The van der Waals surface area contributed by atoms with E-state index >= 15 is 0 Å². The average molecular weight is 1550 g/mol. The summed E-state index contributed by atoms with van der Waals surface area (Å²) in [7, 11) is 0. The number of benzene rings is 11. The van der Waals surface area contributed by atoms with Crippen molar-refractivity contribution in [3.05, 3.63) is 269 Å². The Bertz CT molecular complexity index is 5370. The van der Waals surface area contributed by atoms with Crippen LogP contribution in [-0.2, 0) is 23.7 Å². The Morgan fingerprint density at radius 2 is 0.624 bits per heavy atom. The third-order valence-electron chi connectivity index (χ3n) is 27.6. The Hall–Kier alpha value is -9.18. The van der Waals surface area contributed by atoms with Crippen molar-refractivity contribution in [1.29, 1.82) is 0 Å². The lowest BCUT2D eigenvalue weighted by molar-refractivity contribution is 0.398. The first-order chi connectivity index (χ1) is 57.6. The largest absolute Gasteiger partial charge is 0.311 e. The maximum Gasteiger partial charge on any atom is 0.0544 e. The van der Waals surface area contributed by atoms with Gasteiger partial charge >= 0.3 is 0 Å². The summed E-state index contributed by atoms with van der Waals surface area (Å²) in [6.45, 7) is 18.8. The minimum absolute atomic E-state index is 0.0223. The highest BCUT2D eigenvalue weighted by atomic mass is 15.1. The molecule has 0 fully saturated rings. The Balaban J connectivity index is 0.894. The summed E-state index contributed by atoms with van der Waals surface area (Å²) in [6.07, 6.45) is 48.0. The van der Waals surface area contributed by atoms with Crippen LogP contribution in [0.25, 0.3) is 99.5 Å². The number of hydrogen-bond acceptors (Lipinski definition) is 1. The van der Waals surface area contributed by atoms with Gasteiger partial charge in [0, 0.05) is 60.8 Å². The molecular weight excluding hydrogens is 1410 g/mol. The van der Waals surface area contributed by atoms with Crippen LogP contribution in [0.1, 0.15) is 317 Å². The molecule has 15 rings (SSSR count). The lowest BCUT2D eigenvalue weighted by Crippen LogP contribution is -2.26. The molecule has 0 atom stereocenters. The highest BCUT2D eigenvalue weighted by molar-refractivity contribution is 6.13. The van der Waals surface area contributed by atoms with Crippen molar-refractivity contribution in [3.63, 3.8) is 0 Å². The topological polar surface area (TPSA) is 13.1 Å². The molecule has 2 aliphatic rings. The summed E-state index contributed by atoms with van der Waals surface area (Å²) in [5, 5.41) is 5.43. The van der Waals surface area contributed by atoms with Crippen LogP contribution in [0, 0.1) is 13.8 Å². The fourth-order valence-corrected chi connectivity index (χ4v) is 21.3. The second-order valence-corrected chi connectivity index (χ2v) is 35.9. The van der Waals surface area contributed by atoms with Gasteiger partial charge in [-0.1, -0.05) is 367 Å². The van der Waals surface area contributed by atoms with E-state index in [0.29, 0.717) is 0 Å². The van der Waals surface area contributed by atoms with Gasteiger partial charge in [-0.2, -0.15) is 0 Å². The van der Waals surface area contributed by atoms with E-state index in [0.717, 1.165) is 42.7 Å². The number of anilines is 3. The molecule has 0 bridgehead atoms. The normalized spacial score (nSPS) is 13.2. The molecule has 0 N–H and O–H groups in total. The second kappa shape index (κ2) is 39.6. The van der Waals surface area contributed by atoms with Gasteiger partial charge in [-0.3, -0.25) is 0 Å². The average Bonchev–Trinajstić information content (AvgIpc) is 1.54. The summed E-state index contributed by atoms with van der Waals surface area (Å²) < 4.78 is 5.44. The predicted octanol–water partition coefficient (Wildman–Crippen LogP) is 35.1. The minimum Gasteiger partial charge on any atom is -0.311 e. The lowest BCUT2D eigenvalue weighted by atomic mass is 9.70. The van der Waals surface area contributed by atoms with Crippen molar-refractivity contribution < 1.29 is 0 Å². The van der Waals surface area contributed by atoms with E-state index < -0.39 is 0 Å². The fourth-order valence-electron chi connectivity index (χ4n) is 21.3. The molecule has 117 heavy (non-hydrogen) atoms. The van der Waals surface area contributed by atoms with Crippen molar-refractivity contribution >= 4 is 60.7 Å². The Morgan fingerprint density at radius 3 is 1.13 bits per heavy atom. The second-order valence-electron chi connectivity index (χ2n) is 35.9. The first-order valence-electron chi connectivity index (χ1n) is 47.3. The molecule has 608 valence electrons. The van der Waals surface area contributed by atoms with Gasteiger partial charge in [-0.15, -0.1) is 0 Å². The number of hydrogen-bond donors (Lipinski definition) is 0. The molecule has 0 unspecified atom stereocenters. The molecule has 3 nitrogen and oxygen atoms in total. The van der Waals surface area contributed by atoms with Crippen molar-refractivity contribution in [1.82, 2.24) is 9.13 Å². The predicted molar refractivity (Wildman–Crippen MR) is 510 cm³/mol. The van der Waals surface area contributed by atoms with Gasteiger partial charge in [0.05, 0.1) is 22.1 Å². The number of aryl methyl sites for hydroxylation is 4. The molecule has 0 saturated carbocycles. The van der Waals surface area contributed by atoms with E-state index in [1.165, 1.54) is 340 Å². The standard InChI is InChI=1S/C114H137N3/c1-9-15-21-27-31-44-72-113(73-45-32-28-22-16-10-2)104-76-85(8)58-70-95(104)100-81-103-98-53-41-43-55-109(98)117(112(103)83-107(100)113)110-79-88(50-36-25-19-13-5)99(77-90(110)51-37-26-20-14-6)89-61-71-96-101-80-102-97-52-40-42-54-108(97)116(111(102)82-106(101)114(105(96)78-89,74-46-33-29-23-17-11-3)75-47-34-30-24-18-12-4)94-68-66-93(67-69-94)115(91-62-56-84(7)57-63-91)92-64-59-87(60-65-92)86-48-38-35-39-49-86/h35,38-43,48-49,52-71,76-83H,9-34,36-37,44-47,50-51,72-75H2,1-8H3. The summed E-state index contributed by atoms with van der Waals surface area (Å²) in [5.74, 6) is 0. The van der Waals surface area contributed by atoms with Gasteiger partial charge in [0.2, 0.25) is 0 Å². The maximum atomic E-state index is 2.82. The van der Waals surface area contributed by atoms with Crippen molar-refractivity contribution in [2.24, 2.45) is 0 Å². The zero-order valence-electron chi connectivity index (χ0n) is 73.1. The van der Waals surface area contributed by atoms with Crippen LogP contribution in [0.3, 0.4) is 0 Å². The fraction of sp³-hybridized carbons (Fsp3) is 0.421. The van der Waals surface area contributed by atoms with Gasteiger partial charge < -0.3 is 14.0 Å². The Kier molecular flexibility index (Phi) is 28.1. The molecule has 2 aromatic heterocycles. The van der Waals surface area contributed by atoms with Crippen LogP contribution in [-0.4, -0.2) is 9.13 Å². The van der Waals surface area contributed by atoms with Crippen LogP contribution in [0.5, 0.6) is 0 Å². The van der Waals surface area contributed by atoms with E-state index in [1.54, 1.807) is 22.3 Å². The van der Waals surface area contributed by atoms with Crippen LogP contribution in [0.2, 0.25) is 0 Å². The van der Waals surface area contributed by atoms with Crippen LogP contribution in [0.15, 0.2) is 224 Å². The molecular formula is C114H137N3. The molecule has 2 aliphatic carbocycles. The number of para-hydroxylation sites is 2. The number of rotatable bonds is 45. The van der Waals surface area contributed by atoms with Gasteiger partial charge in [0.25, 0.3) is 0 Å². The first-order valence-corrected chi connectivity index (χ1v) is 47.3. The van der Waals surface area contributed by atoms with E-state index in [2.05, 4.69) is 294 Å². The number of unbranched alkanes of at least 4 members (excludes halogenated alkanes) is 26.